The first-order valence-electron chi connectivity index (χ1n) is 15.2. The molecule has 250 valence electrons. The number of nitrogens with zero attached hydrogens (tertiary/aromatic N) is 3. The number of likely N-dealkylation sites (tertiary alicyclic amines) is 1. The van der Waals surface area contributed by atoms with Crippen LogP contribution in [0, 0.1) is 5.92 Å². The van der Waals surface area contributed by atoms with Gasteiger partial charge in [-0.15, -0.1) is 11.3 Å². The second kappa shape index (κ2) is 12.5. The molecular formula is C29H35F2N4O9PS. The molecule has 0 spiro atoms. The Hall–Kier alpha value is -3.01. The van der Waals surface area contributed by atoms with Crippen molar-refractivity contribution in [1.29, 1.82) is 0 Å². The average molecular weight is 685 g/mol. The van der Waals surface area contributed by atoms with E-state index in [9.17, 15) is 37.6 Å². The summed E-state index contributed by atoms with van der Waals surface area (Å²) in [5, 5.41) is 13.4. The number of hydrogen-bond acceptors (Lipinski definition) is 8. The number of aliphatic hydroxyl groups excluding tert-OH is 1. The van der Waals surface area contributed by atoms with Gasteiger partial charge in [0.1, 0.15) is 12.1 Å². The minimum absolute atomic E-state index is 0.0104. The van der Waals surface area contributed by atoms with Crippen molar-refractivity contribution in [2.45, 2.75) is 62.0 Å². The fourth-order valence-corrected chi connectivity index (χ4v) is 8.15. The first-order valence-corrected chi connectivity index (χ1v) is 17.6. The second-order valence-corrected chi connectivity index (χ2v) is 15.0. The lowest BCUT2D eigenvalue weighted by Crippen LogP contribution is -2.63. The van der Waals surface area contributed by atoms with E-state index in [1.807, 2.05) is 0 Å². The highest BCUT2D eigenvalue weighted by Crippen LogP contribution is 2.59. The molecule has 0 bridgehead atoms. The Bertz CT molecular complexity index is 1590. The summed E-state index contributed by atoms with van der Waals surface area (Å²) in [5.74, 6) is -1.75. The maximum Gasteiger partial charge on any atom is 0.399 e. The van der Waals surface area contributed by atoms with E-state index in [2.05, 4.69) is 5.32 Å². The van der Waals surface area contributed by atoms with Crippen LogP contribution >= 0.6 is 18.9 Å². The van der Waals surface area contributed by atoms with Crippen molar-refractivity contribution in [1.82, 2.24) is 20.0 Å². The van der Waals surface area contributed by atoms with Crippen molar-refractivity contribution in [3.8, 4) is 0 Å². The van der Waals surface area contributed by atoms with Gasteiger partial charge >= 0.3 is 13.3 Å². The van der Waals surface area contributed by atoms with Gasteiger partial charge in [0, 0.05) is 48.9 Å². The maximum atomic E-state index is 14.3. The first kappa shape index (κ1) is 32.9. The Labute approximate surface area is 266 Å². The van der Waals surface area contributed by atoms with Gasteiger partial charge in [0.2, 0.25) is 17.7 Å². The smallest absolute Gasteiger partial charge is 0.393 e. The van der Waals surface area contributed by atoms with Gasteiger partial charge in [-0.25, -0.2) is 0 Å². The number of ether oxygens (including phenoxy) is 1. The van der Waals surface area contributed by atoms with Gasteiger partial charge in [0.05, 0.1) is 30.1 Å². The predicted octanol–water partition coefficient (Wildman–Crippen LogP) is 1.45. The summed E-state index contributed by atoms with van der Waals surface area (Å²) in [6.07, 6.45) is 0.861. The third-order valence-corrected chi connectivity index (χ3v) is 11.4. The Morgan fingerprint density at radius 2 is 1.70 bits per heavy atom. The van der Waals surface area contributed by atoms with E-state index >= 15 is 0 Å². The minimum Gasteiger partial charge on any atom is -0.393 e. The van der Waals surface area contributed by atoms with Crippen LogP contribution in [0.1, 0.15) is 47.3 Å². The van der Waals surface area contributed by atoms with Gasteiger partial charge in [-0.2, -0.15) is 8.78 Å². The Morgan fingerprint density at radius 3 is 2.39 bits per heavy atom. The fourth-order valence-electron chi connectivity index (χ4n) is 6.73. The number of morpholine rings is 1. The standard InChI is InChI=1S/C29H35F2N4O9PS/c30-29(31,45(41,42)43)18-1-6-23-16(11-18)12-24(46-23)25(37)32-21-13-20(36)4-2-19-3-5-22(35(19)27(21)39)28(40)34-14-17(15-34)26(38)33-7-9-44-10-8-33/h1,6,11-12,17,19-22,36H,2-5,7-10,13-15H2,(H,32,37)(H2,41,42,43)/t19-,20-,21-,22-/m0/s1. The minimum atomic E-state index is -5.79. The topological polar surface area (TPSA) is 177 Å². The molecule has 0 radical (unpaired) electrons. The highest BCUT2D eigenvalue weighted by molar-refractivity contribution is 7.52. The molecule has 4 aliphatic heterocycles. The van der Waals surface area contributed by atoms with Crippen LogP contribution in [-0.2, 0) is 29.3 Å². The lowest BCUT2D eigenvalue weighted by atomic mass is 9.95. The van der Waals surface area contributed by atoms with Crippen molar-refractivity contribution in [3.05, 3.63) is 34.7 Å². The normalized spacial score (nSPS) is 26.4. The predicted molar refractivity (Wildman–Crippen MR) is 160 cm³/mol. The first-order chi connectivity index (χ1) is 21.7. The molecule has 17 heteroatoms. The fraction of sp³-hybridized carbons (Fsp3) is 0.586. The summed E-state index contributed by atoms with van der Waals surface area (Å²) in [4.78, 5) is 76.8. The molecule has 0 aliphatic carbocycles. The van der Waals surface area contributed by atoms with Crippen LogP contribution in [0.4, 0.5) is 8.78 Å². The number of hydrogen-bond donors (Lipinski definition) is 4. The lowest BCUT2D eigenvalue weighted by molar-refractivity contribution is -0.157. The van der Waals surface area contributed by atoms with Crippen molar-refractivity contribution < 1.29 is 52.2 Å². The summed E-state index contributed by atoms with van der Waals surface area (Å²) in [6, 6.07) is 2.10. The number of fused-ring (bicyclic) bond motifs is 2. The number of carbonyl (C=O) groups excluding carboxylic acids is 4. The molecule has 13 nitrogen and oxygen atoms in total. The van der Waals surface area contributed by atoms with Crippen LogP contribution in [0.25, 0.3) is 10.1 Å². The number of nitrogens with one attached hydrogen (secondary N) is 1. The van der Waals surface area contributed by atoms with Crippen LogP contribution in [0.15, 0.2) is 24.3 Å². The molecule has 4 N–H and O–H groups in total. The van der Waals surface area contributed by atoms with E-state index in [0.29, 0.717) is 56.7 Å². The molecule has 0 saturated carbocycles. The quantitative estimate of drug-likeness (QED) is 0.328. The molecule has 4 aliphatic rings. The summed E-state index contributed by atoms with van der Waals surface area (Å²) in [5.41, 5.74) is -5.31. The van der Waals surface area contributed by atoms with Crippen LogP contribution in [0.2, 0.25) is 0 Å². The molecular weight excluding hydrogens is 649 g/mol. The molecule has 4 atom stereocenters. The third kappa shape index (κ3) is 6.18. The van der Waals surface area contributed by atoms with Crippen molar-refractivity contribution in [2.75, 3.05) is 39.4 Å². The molecule has 4 fully saturated rings. The Balaban J connectivity index is 1.15. The summed E-state index contributed by atoms with van der Waals surface area (Å²) < 4.78 is 45.6. The monoisotopic (exact) mass is 684 g/mol. The van der Waals surface area contributed by atoms with E-state index in [0.717, 1.165) is 23.5 Å². The number of aliphatic hydroxyl groups is 1. The summed E-state index contributed by atoms with van der Waals surface area (Å²) in [6.45, 7) is 2.54. The molecule has 46 heavy (non-hydrogen) atoms. The molecule has 0 unspecified atom stereocenters. The SMILES string of the molecule is O=C(N[C@H]1C[C@@H](O)CC[C@H]2CC[C@@H](C(=O)N3CC(C(=O)N4CCOCC4)C3)N2C1=O)c1cc2cc(C(F)(F)P(=O)(O)O)ccc2s1. The van der Waals surface area contributed by atoms with Gasteiger partial charge in [-0.3, -0.25) is 23.7 Å². The number of thiophene rings is 1. The number of benzene rings is 1. The van der Waals surface area contributed by atoms with E-state index in [4.69, 9.17) is 14.5 Å². The number of alkyl halides is 2. The molecule has 2 aromatic rings. The number of rotatable bonds is 6. The zero-order valence-corrected chi connectivity index (χ0v) is 26.4. The Kier molecular flexibility index (Phi) is 8.98. The number of halogens is 2. The molecule has 1 aromatic heterocycles. The average Bonchev–Trinajstić information content (AvgIpc) is 3.62. The third-order valence-electron chi connectivity index (χ3n) is 9.30. The van der Waals surface area contributed by atoms with E-state index in [1.165, 1.54) is 17.0 Å². The van der Waals surface area contributed by atoms with Crippen molar-refractivity contribution in [3.63, 3.8) is 0 Å². The summed E-state index contributed by atoms with van der Waals surface area (Å²) in [7, 11) is -5.79. The zero-order chi connectivity index (χ0) is 33.0. The van der Waals surface area contributed by atoms with Crippen molar-refractivity contribution in [2.24, 2.45) is 5.92 Å². The highest BCUT2D eigenvalue weighted by Gasteiger charge is 2.51. The van der Waals surface area contributed by atoms with Crippen LogP contribution < -0.4 is 5.32 Å². The number of amides is 4. The Morgan fingerprint density at radius 1 is 1.00 bits per heavy atom. The van der Waals surface area contributed by atoms with Gasteiger partial charge in [-0.05, 0) is 49.3 Å². The van der Waals surface area contributed by atoms with Crippen molar-refractivity contribution >= 4 is 52.6 Å². The molecule has 5 heterocycles. The molecule has 1 aromatic carbocycles. The summed E-state index contributed by atoms with van der Waals surface area (Å²) >= 11 is 0.947. The second-order valence-electron chi connectivity index (χ2n) is 12.3. The maximum absolute atomic E-state index is 14.3. The van der Waals surface area contributed by atoms with Gasteiger partial charge in [-0.1, -0.05) is 6.07 Å². The largest absolute Gasteiger partial charge is 0.399 e. The molecule has 4 saturated heterocycles. The molecule has 4 amide bonds. The van der Waals surface area contributed by atoms with E-state index in [-0.39, 0.29) is 53.5 Å². The van der Waals surface area contributed by atoms with Crippen LogP contribution in [-0.4, -0.2) is 117 Å². The van der Waals surface area contributed by atoms with Gasteiger partial charge in [0.25, 0.3) is 5.91 Å². The van der Waals surface area contributed by atoms with Crippen LogP contribution in [0.3, 0.4) is 0 Å². The van der Waals surface area contributed by atoms with Gasteiger partial charge < -0.3 is 39.6 Å². The zero-order valence-electron chi connectivity index (χ0n) is 24.7. The number of carbonyl (C=O) groups is 4. The highest BCUT2D eigenvalue weighted by atomic mass is 32.1. The van der Waals surface area contributed by atoms with E-state index in [1.54, 1.807) is 9.80 Å². The molecule has 6 rings (SSSR count). The lowest BCUT2D eigenvalue weighted by Gasteiger charge is -2.44. The van der Waals surface area contributed by atoms with Gasteiger partial charge in [0.15, 0.2) is 0 Å². The van der Waals surface area contributed by atoms with E-state index < -0.39 is 48.8 Å². The van der Waals surface area contributed by atoms with Crippen LogP contribution in [0.5, 0.6) is 0 Å².